The number of hydrogen-bond donors (Lipinski definition) is 2. The van der Waals surface area contributed by atoms with E-state index in [-0.39, 0.29) is 24.9 Å². The molecule has 2 nitrogen and oxygen atoms in total. The lowest BCUT2D eigenvalue weighted by Gasteiger charge is -2.14. The molecule has 16 heavy (non-hydrogen) atoms. The maximum absolute atomic E-state index is 12.9. The molecule has 0 aliphatic rings. The summed E-state index contributed by atoms with van der Waals surface area (Å²) in [6.07, 6.45) is 0.500. The second kappa shape index (κ2) is 6.09. The number of rotatable bonds is 5. The molecule has 0 aliphatic carbocycles. The lowest BCUT2D eigenvalue weighted by atomic mass is 9.96. The fourth-order valence-electron chi connectivity index (χ4n) is 1.50. The molecule has 0 radical (unpaired) electrons. The predicted molar refractivity (Wildman–Crippen MR) is 67.1 cm³/mol. The third-order valence-electron chi connectivity index (χ3n) is 2.45. The van der Waals surface area contributed by atoms with E-state index in [4.69, 9.17) is 10.2 Å². The maximum Gasteiger partial charge on any atom is 0.123 e. The second-order valence-corrected chi connectivity index (χ2v) is 4.39. The minimum absolute atomic E-state index is 0.0805. The zero-order chi connectivity index (χ0) is 12.1. The highest BCUT2D eigenvalue weighted by Gasteiger charge is 2.11. The van der Waals surface area contributed by atoms with Crippen molar-refractivity contribution in [2.45, 2.75) is 6.42 Å². The quantitative estimate of drug-likeness (QED) is 0.765. The van der Waals surface area contributed by atoms with Gasteiger partial charge in [0.25, 0.3) is 0 Å². The van der Waals surface area contributed by atoms with Crippen LogP contribution in [0.25, 0.3) is 5.57 Å². The summed E-state index contributed by atoms with van der Waals surface area (Å²) < 4.78 is 12.9. The van der Waals surface area contributed by atoms with E-state index in [1.165, 1.54) is 12.1 Å². The van der Waals surface area contributed by atoms with Gasteiger partial charge < -0.3 is 10.2 Å². The van der Waals surface area contributed by atoms with Gasteiger partial charge in [-0.2, -0.15) is 0 Å². The number of allylic oxidation sites excluding steroid dienone is 1. The number of aliphatic hydroxyl groups is 2. The van der Waals surface area contributed by atoms with Crippen LogP contribution >= 0.6 is 9.24 Å². The van der Waals surface area contributed by atoms with Crippen molar-refractivity contribution < 1.29 is 14.6 Å². The molecule has 1 atom stereocenters. The molecule has 1 aromatic rings. The van der Waals surface area contributed by atoms with Gasteiger partial charge in [0.2, 0.25) is 0 Å². The molecule has 0 fully saturated rings. The average Bonchev–Trinajstić information content (AvgIpc) is 2.25. The van der Waals surface area contributed by atoms with Gasteiger partial charge in [-0.1, -0.05) is 12.6 Å². The summed E-state index contributed by atoms with van der Waals surface area (Å²) in [5, 5.41) is 18.7. The molecular formula is C12H16FO2P. The summed E-state index contributed by atoms with van der Waals surface area (Å²) in [5.41, 5.74) is 1.64. The van der Waals surface area contributed by atoms with Crippen LogP contribution < -0.4 is 5.30 Å². The third-order valence-corrected chi connectivity index (χ3v) is 2.92. The van der Waals surface area contributed by atoms with Crippen molar-refractivity contribution in [1.82, 2.24) is 0 Å². The third kappa shape index (κ3) is 3.38. The van der Waals surface area contributed by atoms with Gasteiger partial charge in [-0.25, -0.2) is 4.39 Å². The Labute approximate surface area is 97.0 Å². The molecule has 0 aromatic heterocycles. The molecule has 4 heteroatoms. The van der Waals surface area contributed by atoms with E-state index in [1.807, 2.05) is 0 Å². The van der Waals surface area contributed by atoms with Crippen molar-refractivity contribution in [2.75, 3.05) is 13.2 Å². The molecule has 1 rings (SSSR count). The number of halogens is 1. The normalized spacial score (nSPS) is 10.8. The van der Waals surface area contributed by atoms with Crippen LogP contribution in [0.4, 0.5) is 4.39 Å². The topological polar surface area (TPSA) is 40.5 Å². The van der Waals surface area contributed by atoms with Crippen LogP contribution in [-0.4, -0.2) is 23.4 Å². The molecular weight excluding hydrogens is 226 g/mol. The Hall–Kier alpha value is -0.760. The first-order valence-corrected chi connectivity index (χ1v) is 5.61. The fraction of sp³-hybridized carbons (Fsp3) is 0.333. The van der Waals surface area contributed by atoms with E-state index in [1.54, 1.807) is 6.07 Å². The monoisotopic (exact) mass is 242 g/mol. The van der Waals surface area contributed by atoms with Crippen LogP contribution in [0.2, 0.25) is 0 Å². The van der Waals surface area contributed by atoms with Crippen LogP contribution in [-0.2, 0) is 0 Å². The molecule has 0 amide bonds. The highest BCUT2D eigenvalue weighted by Crippen LogP contribution is 2.21. The van der Waals surface area contributed by atoms with Gasteiger partial charge in [0.1, 0.15) is 5.82 Å². The Bertz CT molecular complexity index is 375. The molecule has 0 spiro atoms. The van der Waals surface area contributed by atoms with Gasteiger partial charge in [-0.15, -0.1) is 9.24 Å². The summed E-state index contributed by atoms with van der Waals surface area (Å²) in [4.78, 5) is 0. The first-order valence-electron chi connectivity index (χ1n) is 5.03. The van der Waals surface area contributed by atoms with Crippen LogP contribution in [0.3, 0.4) is 0 Å². The van der Waals surface area contributed by atoms with Crippen molar-refractivity contribution in [3.05, 3.63) is 36.2 Å². The van der Waals surface area contributed by atoms with Crippen molar-refractivity contribution in [2.24, 2.45) is 5.92 Å². The van der Waals surface area contributed by atoms with E-state index in [0.717, 1.165) is 16.4 Å². The van der Waals surface area contributed by atoms with Gasteiger partial charge in [-0.3, -0.25) is 0 Å². The summed E-state index contributed by atoms with van der Waals surface area (Å²) >= 11 is 0. The number of hydrogen-bond acceptors (Lipinski definition) is 2. The maximum atomic E-state index is 12.9. The van der Waals surface area contributed by atoms with Crippen molar-refractivity contribution in [3.63, 3.8) is 0 Å². The summed E-state index contributed by atoms with van der Waals surface area (Å²) in [5.74, 6) is -0.496. The highest BCUT2D eigenvalue weighted by atomic mass is 31.0. The zero-order valence-corrected chi connectivity index (χ0v) is 10.1. The lowest BCUT2D eigenvalue weighted by molar-refractivity contribution is 0.153. The van der Waals surface area contributed by atoms with Crippen LogP contribution in [0.5, 0.6) is 0 Å². The van der Waals surface area contributed by atoms with Crippen LogP contribution in [0, 0.1) is 11.7 Å². The van der Waals surface area contributed by atoms with Crippen molar-refractivity contribution in [3.8, 4) is 0 Å². The van der Waals surface area contributed by atoms with Gasteiger partial charge in [0.05, 0.1) is 0 Å². The van der Waals surface area contributed by atoms with Crippen molar-refractivity contribution >= 4 is 20.1 Å². The van der Waals surface area contributed by atoms with E-state index < -0.39 is 0 Å². The summed E-state index contributed by atoms with van der Waals surface area (Å²) in [7, 11) is 2.46. The predicted octanol–water partition coefficient (Wildman–Crippen LogP) is 1.33. The van der Waals surface area contributed by atoms with Crippen LogP contribution in [0.1, 0.15) is 12.0 Å². The standard InChI is InChI=1S/C12H16FO2P/c1-8(4-9(6-14)7-15)11-3-2-10(13)5-12(11)16/h2-3,5,9,14-15H,1,4,6-7,16H2. The first-order chi connectivity index (χ1) is 7.58. The molecule has 0 aliphatic heterocycles. The number of aliphatic hydroxyl groups excluding tert-OH is 2. The van der Waals surface area contributed by atoms with Crippen molar-refractivity contribution in [1.29, 1.82) is 0 Å². The van der Waals surface area contributed by atoms with Gasteiger partial charge >= 0.3 is 0 Å². The number of benzene rings is 1. The highest BCUT2D eigenvalue weighted by molar-refractivity contribution is 7.27. The molecule has 0 saturated heterocycles. The average molecular weight is 242 g/mol. The molecule has 0 heterocycles. The Morgan fingerprint density at radius 3 is 2.50 bits per heavy atom. The Morgan fingerprint density at radius 2 is 2.00 bits per heavy atom. The summed E-state index contributed by atoms with van der Waals surface area (Å²) in [6, 6.07) is 4.45. The molecule has 88 valence electrons. The zero-order valence-electron chi connectivity index (χ0n) is 8.99. The van der Waals surface area contributed by atoms with E-state index in [9.17, 15) is 4.39 Å². The summed E-state index contributed by atoms with van der Waals surface area (Å²) in [6.45, 7) is 3.73. The fourth-order valence-corrected chi connectivity index (χ4v) is 1.96. The molecule has 2 N–H and O–H groups in total. The van der Waals surface area contributed by atoms with Crippen LogP contribution in [0.15, 0.2) is 24.8 Å². The van der Waals surface area contributed by atoms with Gasteiger partial charge in [0, 0.05) is 19.1 Å². The van der Waals surface area contributed by atoms with E-state index in [0.29, 0.717) is 6.42 Å². The second-order valence-electron chi connectivity index (χ2n) is 3.77. The molecule has 1 aromatic carbocycles. The van der Waals surface area contributed by atoms with E-state index in [2.05, 4.69) is 15.8 Å². The minimum atomic E-state index is -0.289. The molecule has 1 unspecified atom stereocenters. The largest absolute Gasteiger partial charge is 0.396 e. The van der Waals surface area contributed by atoms with Gasteiger partial charge in [0.15, 0.2) is 0 Å². The Morgan fingerprint density at radius 1 is 1.38 bits per heavy atom. The SMILES string of the molecule is C=C(CC(CO)CO)c1ccc(F)cc1P. The Balaban J connectivity index is 2.80. The lowest BCUT2D eigenvalue weighted by Crippen LogP contribution is -2.13. The minimum Gasteiger partial charge on any atom is -0.396 e. The Kier molecular flexibility index (Phi) is 5.07. The van der Waals surface area contributed by atoms with Gasteiger partial charge in [-0.05, 0) is 35.0 Å². The first kappa shape index (κ1) is 13.3. The van der Waals surface area contributed by atoms with E-state index >= 15 is 0 Å². The smallest absolute Gasteiger partial charge is 0.123 e. The molecule has 0 bridgehead atoms. The molecule has 0 saturated carbocycles.